The van der Waals surface area contributed by atoms with E-state index in [2.05, 4.69) is 5.32 Å². The van der Waals surface area contributed by atoms with Gasteiger partial charge in [0, 0.05) is 11.5 Å². The first-order valence-corrected chi connectivity index (χ1v) is 8.46. The van der Waals surface area contributed by atoms with Gasteiger partial charge in [-0.05, 0) is 24.5 Å². The maximum atomic E-state index is 12.2. The molecular weight excluding hydrogens is 317 g/mol. The summed E-state index contributed by atoms with van der Waals surface area (Å²) >= 11 is 0. The summed E-state index contributed by atoms with van der Waals surface area (Å²) in [6.07, 6.45) is 0.621. The van der Waals surface area contributed by atoms with Crippen molar-refractivity contribution in [3.05, 3.63) is 65.2 Å². The van der Waals surface area contributed by atoms with Crippen LogP contribution in [0.2, 0.25) is 0 Å². The number of benzene rings is 2. The Morgan fingerprint density at radius 1 is 1.24 bits per heavy atom. The molecule has 0 aliphatic carbocycles. The predicted octanol–water partition coefficient (Wildman–Crippen LogP) is 1.60. The van der Waals surface area contributed by atoms with E-state index in [9.17, 15) is 14.8 Å². The van der Waals surface area contributed by atoms with Crippen LogP contribution in [0, 0.1) is 6.92 Å². The van der Waals surface area contributed by atoms with Crippen molar-refractivity contribution < 1.29 is 19.6 Å². The van der Waals surface area contributed by atoms with E-state index in [-0.39, 0.29) is 18.2 Å². The minimum Gasteiger partial charge on any atom is -0.492 e. The van der Waals surface area contributed by atoms with Crippen molar-refractivity contribution in [2.45, 2.75) is 31.6 Å². The summed E-state index contributed by atoms with van der Waals surface area (Å²) in [5, 5.41) is 22.1. The summed E-state index contributed by atoms with van der Waals surface area (Å²) in [7, 11) is -1.62. The number of para-hydroxylation sites is 1. The van der Waals surface area contributed by atoms with Crippen LogP contribution < -0.4 is 10.1 Å². The molecule has 25 heavy (non-hydrogen) atoms. The van der Waals surface area contributed by atoms with E-state index in [1.807, 2.05) is 55.5 Å². The fraction of sp³-hybridized carbons (Fsp3) is 0.316. The predicted molar refractivity (Wildman–Crippen MR) is 96.3 cm³/mol. The second-order valence-electron chi connectivity index (χ2n) is 6.49. The molecule has 0 fully saturated rings. The van der Waals surface area contributed by atoms with Gasteiger partial charge in [-0.3, -0.25) is 4.79 Å². The van der Waals surface area contributed by atoms with Gasteiger partial charge in [-0.25, -0.2) is 0 Å². The Balaban J connectivity index is 1.65. The van der Waals surface area contributed by atoms with Crippen LogP contribution in [0.15, 0.2) is 48.5 Å². The number of fused-ring (bicyclic) bond motifs is 1. The monoisotopic (exact) mass is 339 g/mol. The first-order chi connectivity index (χ1) is 12.0. The summed E-state index contributed by atoms with van der Waals surface area (Å²) in [5.41, 5.74) is 3.01. The molecule has 1 heterocycles. The summed E-state index contributed by atoms with van der Waals surface area (Å²) in [5.74, 6) is -0.0722. The molecule has 0 bridgehead atoms. The first-order valence-electron chi connectivity index (χ1n) is 8.46. The number of amides is 1. The third-order valence-electron chi connectivity index (χ3n) is 4.56. The lowest BCUT2D eigenvalue weighted by molar-refractivity contribution is -0.120. The molecule has 0 aromatic heterocycles. The van der Waals surface area contributed by atoms with Crippen LogP contribution in [-0.4, -0.2) is 35.6 Å². The first kappa shape index (κ1) is 17.5. The Kier molecular flexibility index (Phi) is 5.41. The zero-order chi connectivity index (χ0) is 17.8. The number of hydrogen-bond donors (Lipinski definition) is 3. The van der Waals surface area contributed by atoms with Crippen LogP contribution in [0.4, 0.5) is 0 Å². The molecule has 0 unspecified atom stereocenters. The Hall–Kier alpha value is -2.31. The lowest BCUT2D eigenvalue weighted by Crippen LogP contribution is -2.47. The van der Waals surface area contributed by atoms with E-state index in [0.29, 0.717) is 13.0 Å². The highest BCUT2D eigenvalue weighted by atomic mass is 16.5. The molecule has 2 aromatic carbocycles. The molecular formula is C19H22BNO4. The minimum atomic E-state index is -1.62. The highest BCUT2D eigenvalue weighted by Crippen LogP contribution is 2.38. The van der Waals surface area contributed by atoms with Gasteiger partial charge >= 0.3 is 7.12 Å². The number of nitrogens with one attached hydrogen (secondary N) is 1. The Labute approximate surface area is 147 Å². The summed E-state index contributed by atoms with van der Waals surface area (Å²) < 4.78 is 5.75. The zero-order valence-electron chi connectivity index (χ0n) is 14.2. The average Bonchev–Trinajstić information content (AvgIpc) is 2.99. The molecule has 2 aromatic rings. The Morgan fingerprint density at radius 2 is 2.00 bits per heavy atom. The molecule has 0 radical (unpaired) electrons. The van der Waals surface area contributed by atoms with E-state index in [4.69, 9.17) is 4.74 Å². The summed E-state index contributed by atoms with van der Waals surface area (Å²) in [6, 6.07) is 15.3. The van der Waals surface area contributed by atoms with Crippen molar-refractivity contribution in [3.63, 3.8) is 0 Å². The topological polar surface area (TPSA) is 78.8 Å². The SMILES string of the molecule is Cc1cccc2c1OC[C@@H]2C[C@H](NC(=O)Cc1ccccc1)B(O)O. The van der Waals surface area contributed by atoms with E-state index in [1.165, 1.54) is 0 Å². The van der Waals surface area contributed by atoms with Crippen molar-refractivity contribution in [2.24, 2.45) is 0 Å². The Morgan fingerprint density at radius 3 is 2.72 bits per heavy atom. The lowest BCUT2D eigenvalue weighted by atomic mass is 9.73. The Bertz CT molecular complexity index is 735. The van der Waals surface area contributed by atoms with Crippen LogP contribution in [-0.2, 0) is 11.2 Å². The fourth-order valence-corrected chi connectivity index (χ4v) is 3.26. The normalized spacial score (nSPS) is 16.7. The standard InChI is InChI=1S/C19H22BNO4/c1-13-6-5-9-16-15(12-25-19(13)16)11-17(20(23)24)21-18(22)10-14-7-3-2-4-8-14/h2-9,15,17,23-24H,10-12H2,1H3,(H,21,22)/t15-,17-/m0/s1. The third-order valence-corrected chi connectivity index (χ3v) is 4.56. The second kappa shape index (κ2) is 7.72. The lowest BCUT2D eigenvalue weighted by Gasteiger charge is -2.21. The molecule has 1 aliphatic rings. The molecule has 2 atom stereocenters. The van der Waals surface area contributed by atoms with Crippen molar-refractivity contribution in [3.8, 4) is 5.75 Å². The summed E-state index contributed by atoms with van der Waals surface area (Å²) in [6.45, 7) is 2.47. The van der Waals surface area contributed by atoms with E-state index >= 15 is 0 Å². The molecule has 0 saturated carbocycles. The van der Waals surface area contributed by atoms with Crippen LogP contribution in [0.3, 0.4) is 0 Å². The maximum Gasteiger partial charge on any atom is 0.475 e. The highest BCUT2D eigenvalue weighted by molar-refractivity contribution is 6.43. The molecule has 0 saturated heterocycles. The van der Waals surface area contributed by atoms with Gasteiger partial charge in [0.2, 0.25) is 5.91 Å². The molecule has 1 aliphatic heterocycles. The number of hydrogen-bond acceptors (Lipinski definition) is 4. The van der Waals surface area contributed by atoms with Crippen molar-refractivity contribution in [1.82, 2.24) is 5.32 Å². The van der Waals surface area contributed by atoms with Crippen molar-refractivity contribution in [1.29, 1.82) is 0 Å². The van der Waals surface area contributed by atoms with Crippen LogP contribution in [0.25, 0.3) is 0 Å². The van der Waals surface area contributed by atoms with Gasteiger partial charge in [-0.15, -0.1) is 0 Å². The third kappa shape index (κ3) is 4.21. The number of carbonyl (C=O) groups is 1. The van der Waals surface area contributed by atoms with Gasteiger partial charge in [0.15, 0.2) is 0 Å². The van der Waals surface area contributed by atoms with Gasteiger partial charge in [0.05, 0.1) is 19.0 Å². The molecule has 130 valence electrons. The van der Waals surface area contributed by atoms with Crippen LogP contribution >= 0.6 is 0 Å². The zero-order valence-corrected chi connectivity index (χ0v) is 14.2. The minimum absolute atomic E-state index is 0.0266. The van der Waals surface area contributed by atoms with Gasteiger partial charge in [0.1, 0.15) is 5.75 Å². The fourth-order valence-electron chi connectivity index (χ4n) is 3.26. The smallest absolute Gasteiger partial charge is 0.475 e. The average molecular weight is 339 g/mol. The molecule has 3 N–H and O–H groups in total. The van der Waals surface area contributed by atoms with Crippen LogP contribution in [0.5, 0.6) is 5.75 Å². The number of aryl methyl sites for hydroxylation is 1. The van der Waals surface area contributed by atoms with Crippen molar-refractivity contribution >= 4 is 13.0 Å². The van der Waals surface area contributed by atoms with Crippen LogP contribution in [0.1, 0.15) is 29.0 Å². The van der Waals surface area contributed by atoms with Gasteiger partial charge in [0.25, 0.3) is 0 Å². The summed E-state index contributed by atoms with van der Waals surface area (Å²) in [4.78, 5) is 12.2. The number of rotatable bonds is 6. The highest BCUT2D eigenvalue weighted by Gasteiger charge is 2.33. The molecule has 1 amide bonds. The maximum absolute atomic E-state index is 12.2. The largest absolute Gasteiger partial charge is 0.492 e. The van der Waals surface area contributed by atoms with Crippen molar-refractivity contribution in [2.75, 3.05) is 6.61 Å². The molecule has 0 spiro atoms. The number of ether oxygens (including phenoxy) is 1. The van der Waals surface area contributed by atoms with E-state index < -0.39 is 13.1 Å². The molecule has 3 rings (SSSR count). The van der Waals surface area contributed by atoms with Gasteiger partial charge < -0.3 is 20.1 Å². The molecule has 5 nitrogen and oxygen atoms in total. The van der Waals surface area contributed by atoms with Gasteiger partial charge in [-0.1, -0.05) is 48.5 Å². The van der Waals surface area contributed by atoms with Gasteiger partial charge in [-0.2, -0.15) is 0 Å². The second-order valence-corrected chi connectivity index (χ2v) is 6.49. The van der Waals surface area contributed by atoms with E-state index in [0.717, 1.165) is 22.4 Å². The number of carbonyl (C=O) groups excluding carboxylic acids is 1. The molecule has 6 heteroatoms. The quantitative estimate of drug-likeness (QED) is 0.699. The van der Waals surface area contributed by atoms with E-state index in [1.54, 1.807) is 0 Å².